The first kappa shape index (κ1) is 17.4. The second kappa shape index (κ2) is 7.20. The molecule has 132 valence electrons. The molecule has 1 saturated heterocycles. The van der Waals surface area contributed by atoms with Crippen molar-refractivity contribution in [2.45, 2.75) is 11.8 Å². The largest absolute Gasteiger partial charge is 0.323 e. The number of nitrogens with one attached hydrogen (secondary N) is 1. The summed E-state index contributed by atoms with van der Waals surface area (Å²) in [7, 11) is -3.52. The summed E-state index contributed by atoms with van der Waals surface area (Å²) in [5.74, 6) is 0.474. The lowest BCUT2D eigenvalue weighted by atomic mass is 10.2. The fourth-order valence-corrected chi connectivity index (χ4v) is 4.04. The molecular formula is C17H20N4O3S. The minimum absolute atomic E-state index is 0.270. The zero-order valence-electron chi connectivity index (χ0n) is 13.9. The van der Waals surface area contributed by atoms with Crippen LogP contribution in [0.25, 0.3) is 0 Å². The number of rotatable bonds is 3. The minimum Gasteiger partial charge on any atom is -0.322 e. The maximum atomic E-state index is 12.7. The molecule has 0 bridgehead atoms. The van der Waals surface area contributed by atoms with Crippen molar-refractivity contribution in [3.05, 3.63) is 54.2 Å². The number of nitrogens with zero attached hydrogens (tertiary/aromatic N) is 3. The smallest absolute Gasteiger partial charge is 0.322 e. The summed E-state index contributed by atoms with van der Waals surface area (Å²) in [6.45, 7) is 3.13. The normalized spacial score (nSPS) is 15.8. The summed E-state index contributed by atoms with van der Waals surface area (Å²) < 4.78 is 26.7. The Morgan fingerprint density at radius 2 is 1.72 bits per heavy atom. The average molecular weight is 360 g/mol. The van der Waals surface area contributed by atoms with Gasteiger partial charge >= 0.3 is 6.03 Å². The van der Waals surface area contributed by atoms with Gasteiger partial charge in [-0.25, -0.2) is 18.2 Å². The van der Waals surface area contributed by atoms with Gasteiger partial charge in [-0.1, -0.05) is 23.8 Å². The van der Waals surface area contributed by atoms with E-state index in [9.17, 15) is 13.2 Å². The highest BCUT2D eigenvalue weighted by molar-refractivity contribution is 7.89. The van der Waals surface area contributed by atoms with Crippen LogP contribution in [0.1, 0.15) is 5.56 Å². The van der Waals surface area contributed by atoms with Crippen LogP contribution in [0.15, 0.2) is 53.6 Å². The van der Waals surface area contributed by atoms with Crippen molar-refractivity contribution in [1.29, 1.82) is 0 Å². The Bertz CT molecular complexity index is 830. The molecule has 25 heavy (non-hydrogen) atoms. The average Bonchev–Trinajstić information content (AvgIpc) is 2.63. The molecule has 1 aliphatic heterocycles. The lowest BCUT2D eigenvalue weighted by molar-refractivity contribution is 0.184. The predicted octanol–water partition coefficient (Wildman–Crippen LogP) is 1.93. The van der Waals surface area contributed by atoms with Crippen LogP contribution in [0.4, 0.5) is 10.6 Å². The molecule has 2 amide bonds. The summed E-state index contributed by atoms with van der Waals surface area (Å²) in [4.78, 5) is 18.2. The predicted molar refractivity (Wildman–Crippen MR) is 94.8 cm³/mol. The van der Waals surface area contributed by atoms with Crippen LogP contribution in [0.3, 0.4) is 0 Å². The molecule has 8 heteroatoms. The minimum atomic E-state index is -3.52. The third-order valence-electron chi connectivity index (χ3n) is 4.08. The molecule has 2 heterocycles. The standard InChI is InChI=1S/C17H20N4O3S/c1-14-5-7-15(8-6-14)25(23,24)21-12-10-20(11-13-21)17(22)19-16-4-2-3-9-18-16/h2-9H,10-13H2,1H3,(H,18,19,22). The van der Waals surface area contributed by atoms with Crippen LogP contribution in [0.5, 0.6) is 0 Å². The Labute approximate surface area is 147 Å². The lowest BCUT2D eigenvalue weighted by Gasteiger charge is -2.33. The number of carbonyl (C=O) groups excluding carboxylic acids is 1. The van der Waals surface area contributed by atoms with Crippen molar-refractivity contribution in [2.75, 3.05) is 31.5 Å². The summed E-state index contributed by atoms with van der Waals surface area (Å²) in [6.07, 6.45) is 1.60. The zero-order chi connectivity index (χ0) is 17.9. The molecule has 2 aromatic rings. The molecule has 1 fully saturated rings. The molecule has 1 aromatic heterocycles. The topological polar surface area (TPSA) is 82.6 Å². The van der Waals surface area contributed by atoms with Crippen LogP contribution in [-0.4, -0.2) is 54.8 Å². The van der Waals surface area contributed by atoms with E-state index in [1.54, 1.807) is 53.6 Å². The van der Waals surface area contributed by atoms with E-state index in [2.05, 4.69) is 10.3 Å². The summed E-state index contributed by atoms with van der Waals surface area (Å²) in [5.41, 5.74) is 1.01. The van der Waals surface area contributed by atoms with Crippen molar-refractivity contribution in [1.82, 2.24) is 14.2 Å². The first-order valence-electron chi connectivity index (χ1n) is 8.00. The van der Waals surface area contributed by atoms with Crippen molar-refractivity contribution >= 4 is 21.9 Å². The van der Waals surface area contributed by atoms with Gasteiger partial charge < -0.3 is 4.90 Å². The summed E-state index contributed by atoms with van der Waals surface area (Å²) >= 11 is 0. The van der Waals surface area contributed by atoms with Crippen LogP contribution in [0.2, 0.25) is 0 Å². The van der Waals surface area contributed by atoms with Crippen LogP contribution in [-0.2, 0) is 10.0 Å². The van der Waals surface area contributed by atoms with Gasteiger partial charge in [-0.3, -0.25) is 5.32 Å². The van der Waals surface area contributed by atoms with E-state index in [1.165, 1.54) is 4.31 Å². The van der Waals surface area contributed by atoms with E-state index in [0.29, 0.717) is 18.9 Å². The molecule has 0 unspecified atom stereocenters. The highest BCUT2D eigenvalue weighted by Crippen LogP contribution is 2.18. The summed E-state index contributed by atoms with van der Waals surface area (Å²) in [6, 6.07) is 11.8. The molecule has 0 spiro atoms. The van der Waals surface area contributed by atoms with Crippen molar-refractivity contribution in [3.8, 4) is 0 Å². The number of anilines is 1. The van der Waals surface area contributed by atoms with Crippen LogP contribution >= 0.6 is 0 Å². The molecule has 1 aliphatic rings. The Kier molecular flexibility index (Phi) is 5.00. The van der Waals surface area contributed by atoms with Crippen LogP contribution < -0.4 is 5.32 Å². The van der Waals surface area contributed by atoms with Gasteiger partial charge in [0.2, 0.25) is 10.0 Å². The quantitative estimate of drug-likeness (QED) is 0.907. The number of aromatic nitrogens is 1. The van der Waals surface area contributed by atoms with E-state index in [1.807, 2.05) is 6.92 Å². The number of benzene rings is 1. The van der Waals surface area contributed by atoms with Gasteiger partial charge in [0.25, 0.3) is 0 Å². The summed E-state index contributed by atoms with van der Waals surface area (Å²) in [5, 5.41) is 2.71. The number of piperazine rings is 1. The monoisotopic (exact) mass is 360 g/mol. The van der Waals surface area contributed by atoms with Gasteiger partial charge in [0.15, 0.2) is 0 Å². The second-order valence-electron chi connectivity index (χ2n) is 5.85. The van der Waals surface area contributed by atoms with Crippen molar-refractivity contribution < 1.29 is 13.2 Å². The Balaban J connectivity index is 1.61. The van der Waals surface area contributed by atoms with E-state index in [4.69, 9.17) is 0 Å². The molecule has 3 rings (SSSR count). The number of urea groups is 1. The first-order valence-corrected chi connectivity index (χ1v) is 9.44. The van der Waals surface area contributed by atoms with E-state index in [-0.39, 0.29) is 24.0 Å². The molecule has 0 saturated carbocycles. The number of hydrogen-bond donors (Lipinski definition) is 1. The van der Waals surface area contributed by atoms with Crippen molar-refractivity contribution in [3.63, 3.8) is 0 Å². The number of aryl methyl sites for hydroxylation is 1. The zero-order valence-corrected chi connectivity index (χ0v) is 14.7. The van der Waals surface area contributed by atoms with Gasteiger partial charge in [-0.2, -0.15) is 4.31 Å². The highest BCUT2D eigenvalue weighted by atomic mass is 32.2. The van der Waals surface area contributed by atoms with Gasteiger partial charge in [0.1, 0.15) is 5.82 Å². The second-order valence-corrected chi connectivity index (χ2v) is 7.79. The lowest BCUT2D eigenvalue weighted by Crippen LogP contribution is -2.51. The number of hydrogen-bond acceptors (Lipinski definition) is 4. The molecule has 7 nitrogen and oxygen atoms in total. The number of carbonyl (C=O) groups is 1. The van der Waals surface area contributed by atoms with Crippen LogP contribution in [0, 0.1) is 6.92 Å². The fourth-order valence-electron chi connectivity index (χ4n) is 2.62. The van der Waals surface area contributed by atoms with Gasteiger partial charge in [0, 0.05) is 32.4 Å². The Morgan fingerprint density at radius 1 is 1.04 bits per heavy atom. The third-order valence-corrected chi connectivity index (χ3v) is 6.00. The molecule has 0 aliphatic carbocycles. The first-order chi connectivity index (χ1) is 12.0. The molecule has 0 radical (unpaired) electrons. The van der Waals surface area contributed by atoms with Gasteiger partial charge in [0.05, 0.1) is 4.90 Å². The van der Waals surface area contributed by atoms with Gasteiger partial charge in [-0.05, 0) is 31.2 Å². The maximum Gasteiger partial charge on any atom is 0.323 e. The molecule has 1 N–H and O–H groups in total. The van der Waals surface area contributed by atoms with E-state index >= 15 is 0 Å². The third kappa shape index (κ3) is 3.97. The fraction of sp³-hybridized carbons (Fsp3) is 0.294. The van der Waals surface area contributed by atoms with Gasteiger partial charge in [-0.15, -0.1) is 0 Å². The molecule has 0 atom stereocenters. The highest BCUT2D eigenvalue weighted by Gasteiger charge is 2.30. The van der Waals surface area contributed by atoms with Crippen molar-refractivity contribution in [2.24, 2.45) is 0 Å². The number of sulfonamides is 1. The van der Waals surface area contributed by atoms with E-state index in [0.717, 1.165) is 5.56 Å². The SMILES string of the molecule is Cc1ccc(S(=O)(=O)N2CCN(C(=O)Nc3ccccn3)CC2)cc1. The number of amides is 2. The Morgan fingerprint density at radius 3 is 2.32 bits per heavy atom. The maximum absolute atomic E-state index is 12.7. The molecular weight excluding hydrogens is 340 g/mol. The van der Waals surface area contributed by atoms with E-state index < -0.39 is 10.0 Å². The molecule has 1 aromatic carbocycles. The number of pyridine rings is 1. The Hall–Kier alpha value is -2.45.